The molecule has 0 saturated carbocycles. The molecule has 120 valence electrons. The quantitative estimate of drug-likeness (QED) is 0.874. The van der Waals surface area contributed by atoms with Crippen LogP contribution in [0.4, 0.5) is 4.39 Å². The highest BCUT2D eigenvalue weighted by Crippen LogP contribution is 2.30. The molecule has 2 aromatic rings. The van der Waals surface area contributed by atoms with Crippen LogP contribution in [0.15, 0.2) is 42.5 Å². The van der Waals surface area contributed by atoms with Crippen molar-refractivity contribution in [3.05, 3.63) is 53.2 Å². The summed E-state index contributed by atoms with van der Waals surface area (Å²) < 4.78 is 13.8. The van der Waals surface area contributed by atoms with Gasteiger partial charge in [-0.15, -0.1) is 11.3 Å². The van der Waals surface area contributed by atoms with Crippen LogP contribution < -0.4 is 5.73 Å². The molecule has 2 N–H and O–H groups in total. The standard InChI is InChI=1S/C18H19FN2OS/c19-16-4-2-1-3-15(16)17-7-5-14(23-17)6-8-18(22)21-10-9-13(11-20)12-21/h1-8,13H,9-12,20H2. The molecule has 1 unspecified atom stereocenters. The number of amides is 1. The van der Waals surface area contributed by atoms with E-state index in [0.717, 1.165) is 29.3 Å². The Morgan fingerprint density at radius 2 is 2.17 bits per heavy atom. The molecule has 0 spiro atoms. The van der Waals surface area contributed by atoms with Gasteiger partial charge in [-0.3, -0.25) is 4.79 Å². The van der Waals surface area contributed by atoms with Crippen LogP contribution in [0, 0.1) is 11.7 Å². The Bertz CT molecular complexity index is 725. The third-order valence-electron chi connectivity index (χ3n) is 4.09. The van der Waals surface area contributed by atoms with Crippen LogP contribution in [0.3, 0.4) is 0 Å². The second-order valence-electron chi connectivity index (χ2n) is 5.69. The van der Waals surface area contributed by atoms with Crippen molar-refractivity contribution in [1.29, 1.82) is 0 Å². The zero-order valence-corrected chi connectivity index (χ0v) is 13.6. The van der Waals surface area contributed by atoms with Crippen LogP contribution in [0.5, 0.6) is 0 Å². The van der Waals surface area contributed by atoms with E-state index in [2.05, 4.69) is 0 Å². The molecule has 5 heteroatoms. The molecule has 1 aliphatic rings. The Balaban J connectivity index is 1.67. The molecule has 3 rings (SSSR count). The van der Waals surface area contributed by atoms with Gasteiger partial charge in [0.15, 0.2) is 0 Å². The lowest BCUT2D eigenvalue weighted by Gasteiger charge is -2.13. The Hall–Kier alpha value is -1.98. The topological polar surface area (TPSA) is 46.3 Å². The Morgan fingerprint density at radius 3 is 2.91 bits per heavy atom. The summed E-state index contributed by atoms with van der Waals surface area (Å²) in [5, 5.41) is 0. The molecule has 3 nitrogen and oxygen atoms in total. The van der Waals surface area contributed by atoms with E-state index in [1.807, 2.05) is 23.1 Å². The van der Waals surface area contributed by atoms with Crippen LogP contribution in [-0.2, 0) is 4.79 Å². The highest BCUT2D eigenvalue weighted by molar-refractivity contribution is 7.16. The molecule has 1 amide bonds. The van der Waals surface area contributed by atoms with Crippen LogP contribution in [-0.4, -0.2) is 30.4 Å². The van der Waals surface area contributed by atoms with Gasteiger partial charge in [0.2, 0.25) is 5.91 Å². The number of hydrogen-bond acceptors (Lipinski definition) is 3. The van der Waals surface area contributed by atoms with Gasteiger partial charge < -0.3 is 10.6 Å². The van der Waals surface area contributed by atoms with Crippen molar-refractivity contribution in [2.24, 2.45) is 11.7 Å². The average Bonchev–Trinajstić information content (AvgIpc) is 3.22. The number of rotatable bonds is 4. The summed E-state index contributed by atoms with van der Waals surface area (Å²) >= 11 is 1.47. The summed E-state index contributed by atoms with van der Waals surface area (Å²) in [6.45, 7) is 2.14. The van der Waals surface area contributed by atoms with Crippen molar-refractivity contribution in [2.75, 3.05) is 19.6 Å². The Labute approximate surface area is 139 Å². The minimum atomic E-state index is -0.231. The Morgan fingerprint density at radius 1 is 1.35 bits per heavy atom. The molecule has 2 heterocycles. The van der Waals surface area contributed by atoms with E-state index in [4.69, 9.17) is 5.73 Å². The first-order valence-electron chi connectivity index (χ1n) is 7.69. The molecule has 1 atom stereocenters. The highest BCUT2D eigenvalue weighted by atomic mass is 32.1. The van der Waals surface area contributed by atoms with E-state index in [1.165, 1.54) is 17.4 Å². The van der Waals surface area contributed by atoms with Crippen LogP contribution in [0.25, 0.3) is 16.5 Å². The minimum Gasteiger partial charge on any atom is -0.339 e. The fraction of sp³-hybridized carbons (Fsp3) is 0.278. The van der Waals surface area contributed by atoms with Gasteiger partial charge in [-0.1, -0.05) is 18.2 Å². The molecule has 0 aliphatic carbocycles. The summed E-state index contributed by atoms with van der Waals surface area (Å²) in [6, 6.07) is 10.5. The largest absolute Gasteiger partial charge is 0.339 e. The van der Waals surface area contributed by atoms with Crippen LogP contribution >= 0.6 is 11.3 Å². The van der Waals surface area contributed by atoms with Gasteiger partial charge in [-0.2, -0.15) is 0 Å². The van der Waals surface area contributed by atoms with Gasteiger partial charge >= 0.3 is 0 Å². The molecule has 0 radical (unpaired) electrons. The summed E-state index contributed by atoms with van der Waals surface area (Å²) in [4.78, 5) is 15.8. The number of benzene rings is 1. The first kappa shape index (κ1) is 15.9. The summed E-state index contributed by atoms with van der Waals surface area (Å²) in [6.07, 6.45) is 4.37. The van der Waals surface area contributed by atoms with Gasteiger partial charge in [0.1, 0.15) is 5.82 Å². The summed E-state index contributed by atoms with van der Waals surface area (Å²) in [5.74, 6) is 0.203. The molecule has 23 heavy (non-hydrogen) atoms. The number of carbonyl (C=O) groups excluding carboxylic acids is 1. The molecule has 1 aromatic carbocycles. The normalized spacial score (nSPS) is 18.0. The zero-order valence-electron chi connectivity index (χ0n) is 12.7. The average molecular weight is 330 g/mol. The van der Waals surface area contributed by atoms with Crippen molar-refractivity contribution in [2.45, 2.75) is 6.42 Å². The van der Waals surface area contributed by atoms with Gasteiger partial charge in [0, 0.05) is 34.5 Å². The molecule has 1 aromatic heterocycles. The number of hydrogen-bond donors (Lipinski definition) is 1. The highest BCUT2D eigenvalue weighted by Gasteiger charge is 2.23. The number of likely N-dealkylation sites (tertiary alicyclic amines) is 1. The van der Waals surface area contributed by atoms with Gasteiger partial charge in [0.25, 0.3) is 0 Å². The second-order valence-corrected chi connectivity index (χ2v) is 6.81. The number of carbonyl (C=O) groups is 1. The molecular weight excluding hydrogens is 311 g/mol. The predicted molar refractivity (Wildman–Crippen MR) is 92.5 cm³/mol. The summed E-state index contributed by atoms with van der Waals surface area (Å²) in [7, 11) is 0. The van der Waals surface area contributed by atoms with E-state index in [-0.39, 0.29) is 11.7 Å². The van der Waals surface area contributed by atoms with E-state index in [0.29, 0.717) is 18.0 Å². The molecule has 1 aliphatic heterocycles. The lowest BCUT2D eigenvalue weighted by Crippen LogP contribution is -2.28. The molecule has 1 fully saturated rings. The first-order valence-corrected chi connectivity index (χ1v) is 8.51. The molecular formula is C18H19FN2OS. The zero-order chi connectivity index (χ0) is 16.2. The maximum Gasteiger partial charge on any atom is 0.246 e. The smallest absolute Gasteiger partial charge is 0.246 e. The van der Waals surface area contributed by atoms with E-state index in [1.54, 1.807) is 24.3 Å². The minimum absolute atomic E-state index is 0.0155. The van der Waals surface area contributed by atoms with Crippen molar-refractivity contribution in [1.82, 2.24) is 4.90 Å². The monoisotopic (exact) mass is 330 g/mol. The van der Waals surface area contributed by atoms with E-state index in [9.17, 15) is 9.18 Å². The van der Waals surface area contributed by atoms with E-state index < -0.39 is 0 Å². The predicted octanol–water partition coefficient (Wildman–Crippen LogP) is 3.37. The third-order valence-corrected chi connectivity index (χ3v) is 5.17. The van der Waals surface area contributed by atoms with Crippen molar-refractivity contribution >= 4 is 23.3 Å². The number of thiophene rings is 1. The maximum atomic E-state index is 13.8. The lowest BCUT2D eigenvalue weighted by molar-refractivity contribution is -0.125. The van der Waals surface area contributed by atoms with Crippen molar-refractivity contribution < 1.29 is 9.18 Å². The lowest BCUT2D eigenvalue weighted by atomic mass is 10.1. The fourth-order valence-electron chi connectivity index (χ4n) is 2.73. The SMILES string of the molecule is NCC1CCN(C(=O)C=Cc2ccc(-c3ccccc3F)s2)C1. The van der Waals surface area contributed by atoms with Gasteiger partial charge in [0.05, 0.1) is 0 Å². The Kier molecular flexibility index (Phi) is 4.88. The maximum absolute atomic E-state index is 13.8. The van der Waals surface area contributed by atoms with Crippen LogP contribution in [0.2, 0.25) is 0 Å². The van der Waals surface area contributed by atoms with Crippen LogP contribution in [0.1, 0.15) is 11.3 Å². The third kappa shape index (κ3) is 3.68. The number of nitrogens with zero attached hydrogens (tertiary/aromatic N) is 1. The van der Waals surface area contributed by atoms with Crippen molar-refractivity contribution in [3.8, 4) is 10.4 Å². The van der Waals surface area contributed by atoms with Crippen molar-refractivity contribution in [3.63, 3.8) is 0 Å². The molecule has 0 bridgehead atoms. The first-order chi connectivity index (χ1) is 11.2. The van der Waals surface area contributed by atoms with Gasteiger partial charge in [-0.05, 0) is 43.2 Å². The number of halogens is 1. The summed E-state index contributed by atoms with van der Waals surface area (Å²) in [5.41, 5.74) is 6.24. The molecule has 1 saturated heterocycles. The second kappa shape index (κ2) is 7.06. The van der Waals surface area contributed by atoms with E-state index >= 15 is 0 Å². The fourth-order valence-corrected chi connectivity index (χ4v) is 3.67. The van der Waals surface area contributed by atoms with Gasteiger partial charge in [-0.25, -0.2) is 4.39 Å². The number of nitrogens with two attached hydrogens (primary N) is 1.